The first kappa shape index (κ1) is 21.5. The molecule has 0 radical (unpaired) electrons. The number of carbonyl (C=O) groups is 2. The van der Waals surface area contributed by atoms with Gasteiger partial charge in [0.2, 0.25) is 0 Å². The monoisotopic (exact) mass is 383 g/mol. The van der Waals surface area contributed by atoms with E-state index in [0.717, 1.165) is 5.56 Å². The van der Waals surface area contributed by atoms with Gasteiger partial charge in [0, 0.05) is 17.6 Å². The van der Waals surface area contributed by atoms with Crippen LogP contribution < -0.4 is 9.47 Å². The number of nitrogens with zero attached hydrogens (tertiary/aromatic N) is 1. The van der Waals surface area contributed by atoms with Crippen LogP contribution in [0.1, 0.15) is 50.5 Å². The zero-order valence-electron chi connectivity index (χ0n) is 17.5. The number of carbonyl (C=O) groups excluding carboxylic acids is 2. The Hall–Kier alpha value is -2.82. The number of amides is 1. The maximum atomic E-state index is 13.2. The summed E-state index contributed by atoms with van der Waals surface area (Å²) < 4.78 is 11.3. The number of hydrogen-bond acceptors (Lipinski definition) is 4. The van der Waals surface area contributed by atoms with Gasteiger partial charge >= 0.3 is 0 Å². The predicted octanol–water partition coefficient (Wildman–Crippen LogP) is 4.49. The smallest absolute Gasteiger partial charge is 0.264 e. The van der Waals surface area contributed by atoms with E-state index in [1.807, 2.05) is 56.0 Å². The quantitative estimate of drug-likeness (QED) is 0.661. The number of hydrogen-bond donors (Lipinski definition) is 0. The van der Waals surface area contributed by atoms with E-state index < -0.39 is 6.10 Å². The second kappa shape index (κ2) is 8.91. The maximum absolute atomic E-state index is 13.2. The van der Waals surface area contributed by atoms with Gasteiger partial charge in [0.15, 0.2) is 23.4 Å². The molecule has 28 heavy (non-hydrogen) atoms. The molecule has 0 spiro atoms. The Morgan fingerprint density at radius 3 is 2.21 bits per heavy atom. The Morgan fingerprint density at radius 1 is 1.04 bits per heavy atom. The molecule has 150 valence electrons. The SMILES string of the molecule is COc1cc(C(C)=O)ccc1O[C@H](C)C(=O)N(Cc1ccccc1)C(C)(C)C. The zero-order valence-corrected chi connectivity index (χ0v) is 17.5. The van der Waals surface area contributed by atoms with Crippen molar-refractivity contribution >= 4 is 11.7 Å². The van der Waals surface area contributed by atoms with Crippen LogP contribution in [0, 0.1) is 0 Å². The van der Waals surface area contributed by atoms with Crippen LogP contribution in [-0.4, -0.2) is 35.3 Å². The van der Waals surface area contributed by atoms with Crippen molar-refractivity contribution < 1.29 is 19.1 Å². The molecule has 0 bridgehead atoms. The molecule has 0 aliphatic rings. The van der Waals surface area contributed by atoms with Crippen molar-refractivity contribution in [3.05, 3.63) is 59.7 Å². The second-order valence-corrected chi connectivity index (χ2v) is 7.76. The minimum atomic E-state index is -0.708. The van der Waals surface area contributed by atoms with E-state index in [0.29, 0.717) is 23.6 Å². The summed E-state index contributed by atoms with van der Waals surface area (Å²) >= 11 is 0. The summed E-state index contributed by atoms with van der Waals surface area (Å²) in [6, 6.07) is 14.8. The Labute approximate surface area is 167 Å². The molecule has 0 heterocycles. The third kappa shape index (κ3) is 5.35. The van der Waals surface area contributed by atoms with Gasteiger partial charge in [0.25, 0.3) is 5.91 Å². The average Bonchev–Trinajstić information content (AvgIpc) is 2.65. The number of ether oxygens (including phenoxy) is 2. The number of benzene rings is 2. The van der Waals surface area contributed by atoms with Crippen molar-refractivity contribution in [3.63, 3.8) is 0 Å². The topological polar surface area (TPSA) is 55.8 Å². The lowest BCUT2D eigenvalue weighted by Crippen LogP contribution is -2.50. The van der Waals surface area contributed by atoms with E-state index >= 15 is 0 Å². The molecule has 0 saturated carbocycles. The van der Waals surface area contributed by atoms with Gasteiger partial charge in [-0.15, -0.1) is 0 Å². The molecule has 5 nitrogen and oxygen atoms in total. The van der Waals surface area contributed by atoms with Crippen molar-refractivity contribution in [1.82, 2.24) is 4.90 Å². The Kier molecular flexibility index (Phi) is 6.84. The molecule has 1 atom stereocenters. The number of methoxy groups -OCH3 is 1. The van der Waals surface area contributed by atoms with E-state index in [9.17, 15) is 9.59 Å². The molecule has 0 aromatic heterocycles. The van der Waals surface area contributed by atoms with E-state index in [2.05, 4.69) is 0 Å². The highest BCUT2D eigenvalue weighted by Crippen LogP contribution is 2.30. The molecule has 0 saturated heterocycles. The van der Waals surface area contributed by atoms with Crippen molar-refractivity contribution in [3.8, 4) is 11.5 Å². The molecule has 2 aromatic rings. The molecular weight excluding hydrogens is 354 g/mol. The predicted molar refractivity (Wildman–Crippen MR) is 110 cm³/mol. The number of rotatable bonds is 7. The molecule has 1 amide bonds. The van der Waals surface area contributed by atoms with Gasteiger partial charge in [-0.05, 0) is 58.4 Å². The summed E-state index contributed by atoms with van der Waals surface area (Å²) in [4.78, 5) is 26.6. The van der Waals surface area contributed by atoms with Gasteiger partial charge in [-0.1, -0.05) is 30.3 Å². The van der Waals surface area contributed by atoms with Crippen LogP contribution in [-0.2, 0) is 11.3 Å². The van der Waals surface area contributed by atoms with Crippen LogP contribution in [0.2, 0.25) is 0 Å². The second-order valence-electron chi connectivity index (χ2n) is 7.76. The van der Waals surface area contributed by atoms with Crippen molar-refractivity contribution in [2.24, 2.45) is 0 Å². The fourth-order valence-electron chi connectivity index (χ4n) is 2.86. The largest absolute Gasteiger partial charge is 0.493 e. The van der Waals surface area contributed by atoms with Gasteiger partial charge in [-0.3, -0.25) is 9.59 Å². The lowest BCUT2D eigenvalue weighted by Gasteiger charge is -2.37. The third-order valence-electron chi connectivity index (χ3n) is 4.48. The normalized spacial score (nSPS) is 12.2. The highest BCUT2D eigenvalue weighted by Gasteiger charge is 2.31. The molecule has 0 aliphatic carbocycles. The standard InChI is InChI=1S/C23H29NO4/c1-16(25)19-12-13-20(21(14-19)27-6)28-17(2)22(26)24(23(3,4)5)15-18-10-8-7-9-11-18/h7-14,17H,15H2,1-6H3/t17-/m1/s1. The molecule has 0 fully saturated rings. The molecule has 2 aromatic carbocycles. The van der Waals surface area contributed by atoms with Crippen molar-refractivity contribution in [2.75, 3.05) is 7.11 Å². The van der Waals surface area contributed by atoms with E-state index in [4.69, 9.17) is 9.47 Å². The summed E-state index contributed by atoms with van der Waals surface area (Å²) in [7, 11) is 1.51. The summed E-state index contributed by atoms with van der Waals surface area (Å²) in [6.45, 7) is 9.72. The molecule has 2 rings (SSSR count). The van der Waals surface area contributed by atoms with Gasteiger partial charge < -0.3 is 14.4 Å². The van der Waals surface area contributed by atoms with Crippen LogP contribution in [0.5, 0.6) is 11.5 Å². The highest BCUT2D eigenvalue weighted by molar-refractivity contribution is 5.94. The highest BCUT2D eigenvalue weighted by atomic mass is 16.5. The fraction of sp³-hybridized carbons (Fsp3) is 0.391. The molecule has 0 unspecified atom stereocenters. The van der Waals surface area contributed by atoms with Gasteiger partial charge in [-0.25, -0.2) is 0 Å². The number of ketones is 1. The molecule has 0 aliphatic heterocycles. The summed E-state index contributed by atoms with van der Waals surface area (Å²) in [6.07, 6.45) is -0.708. The summed E-state index contributed by atoms with van der Waals surface area (Å²) in [5, 5.41) is 0. The van der Waals surface area contributed by atoms with E-state index in [1.54, 1.807) is 25.1 Å². The van der Waals surface area contributed by atoms with Crippen LogP contribution >= 0.6 is 0 Å². The Morgan fingerprint density at radius 2 is 1.68 bits per heavy atom. The Balaban J connectivity index is 2.22. The minimum Gasteiger partial charge on any atom is -0.493 e. The number of Topliss-reactive ketones (excluding diaryl/α,β-unsaturated/α-hetero) is 1. The van der Waals surface area contributed by atoms with Crippen LogP contribution in [0.25, 0.3) is 0 Å². The molecule has 5 heteroatoms. The van der Waals surface area contributed by atoms with Crippen molar-refractivity contribution in [2.45, 2.75) is 52.8 Å². The summed E-state index contributed by atoms with van der Waals surface area (Å²) in [5.41, 5.74) is 1.22. The fourth-order valence-corrected chi connectivity index (χ4v) is 2.86. The first-order valence-corrected chi connectivity index (χ1v) is 9.34. The third-order valence-corrected chi connectivity index (χ3v) is 4.48. The maximum Gasteiger partial charge on any atom is 0.264 e. The average molecular weight is 383 g/mol. The van der Waals surface area contributed by atoms with Gasteiger partial charge in [-0.2, -0.15) is 0 Å². The minimum absolute atomic E-state index is 0.0595. The lowest BCUT2D eigenvalue weighted by atomic mass is 10.0. The van der Waals surface area contributed by atoms with Gasteiger partial charge in [0.1, 0.15) is 0 Å². The van der Waals surface area contributed by atoms with Crippen LogP contribution in [0.15, 0.2) is 48.5 Å². The molecular formula is C23H29NO4. The van der Waals surface area contributed by atoms with Gasteiger partial charge in [0.05, 0.1) is 7.11 Å². The summed E-state index contributed by atoms with van der Waals surface area (Å²) in [5.74, 6) is 0.685. The first-order valence-electron chi connectivity index (χ1n) is 9.34. The van der Waals surface area contributed by atoms with Crippen LogP contribution in [0.4, 0.5) is 0 Å². The lowest BCUT2D eigenvalue weighted by molar-refractivity contribution is -0.143. The molecule has 0 N–H and O–H groups in total. The van der Waals surface area contributed by atoms with E-state index in [1.165, 1.54) is 14.0 Å². The van der Waals surface area contributed by atoms with Crippen LogP contribution in [0.3, 0.4) is 0 Å². The Bertz CT molecular complexity index is 824. The van der Waals surface area contributed by atoms with E-state index in [-0.39, 0.29) is 17.2 Å². The zero-order chi connectivity index (χ0) is 20.9. The first-order chi connectivity index (χ1) is 13.1. The van der Waals surface area contributed by atoms with Crippen molar-refractivity contribution in [1.29, 1.82) is 0 Å².